The Morgan fingerprint density at radius 3 is 2.55 bits per heavy atom. The monoisotopic (exact) mass is 485 g/mol. The van der Waals surface area contributed by atoms with E-state index in [2.05, 4.69) is 15.0 Å². The summed E-state index contributed by atoms with van der Waals surface area (Å²) in [7, 11) is -2.49. The fourth-order valence-corrected chi connectivity index (χ4v) is 4.49. The van der Waals surface area contributed by atoms with Crippen LogP contribution in [0, 0.1) is 10.1 Å². The van der Waals surface area contributed by atoms with E-state index in [9.17, 15) is 23.6 Å². The Balaban J connectivity index is 1.72. The average Bonchev–Trinajstić information content (AvgIpc) is 3.02. The van der Waals surface area contributed by atoms with Crippen molar-refractivity contribution >= 4 is 55.3 Å². The van der Waals surface area contributed by atoms with Crippen molar-refractivity contribution in [1.82, 2.24) is 4.57 Å². The number of hydrogen-bond acceptors (Lipinski definition) is 7. The zero-order valence-corrected chi connectivity index (χ0v) is 18.6. The van der Waals surface area contributed by atoms with Gasteiger partial charge in [0.1, 0.15) is 0 Å². The van der Waals surface area contributed by atoms with Crippen LogP contribution in [0.1, 0.15) is 0 Å². The molecule has 2 N–H and O–H groups in total. The first-order valence-corrected chi connectivity index (χ1v) is 11.3. The van der Waals surface area contributed by atoms with E-state index < -0.39 is 20.6 Å². The molecule has 1 heterocycles. The van der Waals surface area contributed by atoms with Crippen LogP contribution in [0.5, 0.6) is 5.88 Å². The molecule has 0 unspecified atom stereocenters. The van der Waals surface area contributed by atoms with Gasteiger partial charge in [-0.1, -0.05) is 35.9 Å². The quantitative estimate of drug-likeness (QED) is 0.206. The zero-order valence-electron chi connectivity index (χ0n) is 17.0. The second kappa shape index (κ2) is 8.52. The van der Waals surface area contributed by atoms with Gasteiger partial charge in [-0.2, -0.15) is 0 Å². The van der Waals surface area contributed by atoms with E-state index in [0.29, 0.717) is 15.9 Å². The van der Waals surface area contributed by atoms with E-state index in [1.807, 2.05) is 0 Å². The van der Waals surface area contributed by atoms with Crippen molar-refractivity contribution in [3.63, 3.8) is 0 Å². The molecular weight excluding hydrogens is 470 g/mol. The van der Waals surface area contributed by atoms with Gasteiger partial charge < -0.3 is 9.67 Å². The van der Waals surface area contributed by atoms with E-state index in [0.717, 1.165) is 6.07 Å². The second-order valence-electron chi connectivity index (χ2n) is 6.97. The van der Waals surface area contributed by atoms with Gasteiger partial charge in [0.2, 0.25) is 5.88 Å². The maximum Gasteiger partial charge on any atom is 0.298 e. The van der Waals surface area contributed by atoms with Crippen LogP contribution < -0.4 is 4.72 Å². The number of nitro benzene ring substituents is 1. The van der Waals surface area contributed by atoms with Gasteiger partial charge in [-0.05, 0) is 36.4 Å². The summed E-state index contributed by atoms with van der Waals surface area (Å²) in [5.41, 5.74) is 0.315. The summed E-state index contributed by atoms with van der Waals surface area (Å²) in [4.78, 5) is 10.5. The standard InChI is InChI=1S/C21H16ClN5O5S/c1-26-18-8-3-2-7-16(18)20(21(26)28)24-23-17-10-9-15(12-19(17)27(29)30)33(31,32)25-14-6-4-5-13(22)11-14/h2-12,25,28H,1H3. The van der Waals surface area contributed by atoms with Gasteiger partial charge in [0.05, 0.1) is 21.0 Å². The molecule has 168 valence electrons. The van der Waals surface area contributed by atoms with Crippen molar-refractivity contribution in [3.8, 4) is 5.88 Å². The van der Waals surface area contributed by atoms with Crippen molar-refractivity contribution in [1.29, 1.82) is 0 Å². The molecule has 0 aliphatic carbocycles. The summed E-state index contributed by atoms with van der Waals surface area (Å²) in [5, 5.41) is 30.8. The number of sulfonamides is 1. The number of nitro groups is 1. The smallest absolute Gasteiger partial charge is 0.298 e. The molecule has 0 atom stereocenters. The lowest BCUT2D eigenvalue weighted by Crippen LogP contribution is -2.13. The summed E-state index contributed by atoms with van der Waals surface area (Å²) >= 11 is 5.88. The fourth-order valence-electron chi connectivity index (χ4n) is 3.23. The number of fused-ring (bicyclic) bond motifs is 1. The summed E-state index contributed by atoms with van der Waals surface area (Å²) in [6.45, 7) is 0. The van der Waals surface area contributed by atoms with Gasteiger partial charge in [0.15, 0.2) is 11.4 Å². The molecule has 0 fully saturated rings. The highest BCUT2D eigenvalue weighted by Crippen LogP contribution is 2.39. The van der Waals surface area contributed by atoms with E-state index >= 15 is 0 Å². The SMILES string of the molecule is Cn1c(O)c(N=Nc2ccc(S(=O)(=O)Nc3cccc(Cl)c3)cc2[N+](=O)[O-])c2ccccc21. The Morgan fingerprint density at radius 1 is 1.06 bits per heavy atom. The molecular formula is C21H16ClN5O5S. The molecule has 0 saturated heterocycles. The van der Waals surface area contributed by atoms with Crippen LogP contribution in [0.4, 0.5) is 22.7 Å². The number of aromatic hydroxyl groups is 1. The first-order chi connectivity index (χ1) is 15.7. The number of rotatable bonds is 6. The normalized spacial score (nSPS) is 11.8. The number of para-hydroxylation sites is 1. The number of anilines is 1. The Kier molecular flexibility index (Phi) is 5.75. The summed E-state index contributed by atoms with van der Waals surface area (Å²) in [6.07, 6.45) is 0. The zero-order chi connectivity index (χ0) is 23.8. The van der Waals surface area contributed by atoms with Crippen molar-refractivity contribution in [3.05, 3.63) is 81.9 Å². The van der Waals surface area contributed by atoms with Crippen LogP contribution in [-0.2, 0) is 17.1 Å². The fraction of sp³-hybridized carbons (Fsp3) is 0.0476. The number of nitrogens with one attached hydrogen (secondary N) is 1. The molecule has 12 heteroatoms. The highest BCUT2D eigenvalue weighted by molar-refractivity contribution is 7.92. The molecule has 0 radical (unpaired) electrons. The van der Waals surface area contributed by atoms with Crippen LogP contribution >= 0.6 is 11.6 Å². The highest BCUT2D eigenvalue weighted by Gasteiger charge is 2.22. The highest BCUT2D eigenvalue weighted by atomic mass is 35.5. The maximum absolute atomic E-state index is 12.7. The topological polar surface area (TPSA) is 139 Å². The van der Waals surface area contributed by atoms with E-state index in [1.54, 1.807) is 43.4 Å². The van der Waals surface area contributed by atoms with E-state index in [4.69, 9.17) is 11.6 Å². The number of nitrogens with zero attached hydrogens (tertiary/aromatic N) is 4. The minimum Gasteiger partial charge on any atom is -0.493 e. The molecule has 10 nitrogen and oxygen atoms in total. The largest absolute Gasteiger partial charge is 0.493 e. The first kappa shape index (κ1) is 22.2. The van der Waals surface area contributed by atoms with Crippen LogP contribution in [0.15, 0.2) is 81.9 Å². The summed E-state index contributed by atoms with van der Waals surface area (Å²) in [5.74, 6) is -0.160. The maximum atomic E-state index is 12.7. The van der Waals surface area contributed by atoms with Gasteiger partial charge >= 0.3 is 0 Å². The van der Waals surface area contributed by atoms with Crippen molar-refractivity contribution in [2.45, 2.75) is 4.90 Å². The van der Waals surface area contributed by atoms with Gasteiger partial charge in [-0.25, -0.2) is 8.42 Å². The van der Waals surface area contributed by atoms with E-state index in [1.165, 1.54) is 28.8 Å². The minimum atomic E-state index is -4.13. The van der Waals surface area contributed by atoms with Crippen molar-refractivity contribution < 1.29 is 18.4 Å². The molecule has 0 bridgehead atoms. The number of aromatic nitrogens is 1. The number of azo groups is 1. The molecule has 0 aliphatic heterocycles. The number of benzene rings is 3. The molecule has 1 aromatic heterocycles. The Bertz CT molecular complexity index is 1530. The first-order valence-electron chi connectivity index (χ1n) is 9.42. The lowest BCUT2D eigenvalue weighted by molar-refractivity contribution is -0.384. The molecule has 0 spiro atoms. The van der Waals surface area contributed by atoms with Crippen molar-refractivity contribution in [2.75, 3.05) is 4.72 Å². The van der Waals surface area contributed by atoms with Crippen molar-refractivity contribution in [2.24, 2.45) is 17.3 Å². The van der Waals surface area contributed by atoms with Gasteiger partial charge in [0, 0.05) is 23.5 Å². The molecule has 4 aromatic rings. The third-order valence-corrected chi connectivity index (χ3v) is 6.45. The number of halogens is 1. The van der Waals surface area contributed by atoms with Crippen LogP contribution in [0.25, 0.3) is 10.9 Å². The Hall–Kier alpha value is -3.96. The lowest BCUT2D eigenvalue weighted by atomic mass is 10.2. The third kappa shape index (κ3) is 4.36. The molecule has 0 aliphatic rings. The lowest BCUT2D eigenvalue weighted by Gasteiger charge is -2.08. The minimum absolute atomic E-state index is 0.140. The van der Waals surface area contributed by atoms with Crippen LogP contribution in [0.2, 0.25) is 5.02 Å². The number of aryl methyl sites for hydroxylation is 1. The van der Waals surface area contributed by atoms with E-state index in [-0.39, 0.29) is 27.8 Å². The number of hydrogen-bond donors (Lipinski definition) is 2. The second-order valence-corrected chi connectivity index (χ2v) is 9.09. The predicted octanol–water partition coefficient (Wildman–Crippen LogP) is 5.66. The van der Waals surface area contributed by atoms with Crippen LogP contribution in [0.3, 0.4) is 0 Å². The van der Waals surface area contributed by atoms with Gasteiger partial charge in [-0.3, -0.25) is 14.8 Å². The third-order valence-electron chi connectivity index (χ3n) is 4.84. The molecule has 4 rings (SSSR count). The Labute approximate surface area is 193 Å². The summed E-state index contributed by atoms with van der Waals surface area (Å²) < 4.78 is 29.2. The predicted molar refractivity (Wildman–Crippen MR) is 124 cm³/mol. The summed E-state index contributed by atoms with van der Waals surface area (Å²) in [6, 6.07) is 16.4. The Morgan fingerprint density at radius 2 is 1.82 bits per heavy atom. The molecule has 0 amide bonds. The molecule has 3 aromatic carbocycles. The molecule has 0 saturated carbocycles. The molecule has 33 heavy (non-hydrogen) atoms. The average molecular weight is 486 g/mol. The van der Waals surface area contributed by atoms with Gasteiger partial charge in [-0.15, -0.1) is 10.2 Å². The van der Waals surface area contributed by atoms with Gasteiger partial charge in [0.25, 0.3) is 15.7 Å². The van der Waals surface area contributed by atoms with Crippen LogP contribution in [-0.4, -0.2) is 23.0 Å².